The molecule has 0 aliphatic carbocycles. The molecule has 0 aliphatic heterocycles. The van der Waals surface area contributed by atoms with Crippen LogP contribution in [0.3, 0.4) is 0 Å². The van der Waals surface area contributed by atoms with E-state index in [0.717, 1.165) is 5.39 Å². The molecule has 0 saturated heterocycles. The second kappa shape index (κ2) is 3.61. The number of hydrogen-bond donors (Lipinski definition) is 1. The summed E-state index contributed by atoms with van der Waals surface area (Å²) in [4.78, 5) is 13.2. The van der Waals surface area contributed by atoms with Gasteiger partial charge in [0.2, 0.25) is 0 Å². The summed E-state index contributed by atoms with van der Waals surface area (Å²) >= 11 is 0. The Balaban J connectivity index is 2.65. The third-order valence-electron chi connectivity index (χ3n) is 2.16. The van der Waals surface area contributed by atoms with Gasteiger partial charge in [-0.15, -0.1) is 0 Å². The van der Waals surface area contributed by atoms with E-state index >= 15 is 0 Å². The van der Waals surface area contributed by atoms with Gasteiger partial charge in [0.1, 0.15) is 11.3 Å². The molecule has 5 heteroatoms. The molecule has 0 aliphatic rings. The lowest BCUT2D eigenvalue weighted by Gasteiger charge is -2.04. The Morgan fingerprint density at radius 2 is 2.27 bits per heavy atom. The van der Waals surface area contributed by atoms with E-state index in [2.05, 4.69) is 4.98 Å². The highest BCUT2D eigenvalue weighted by atomic mass is 16.6. The lowest BCUT2D eigenvalue weighted by Crippen LogP contribution is -1.94. The van der Waals surface area contributed by atoms with Crippen LogP contribution >= 0.6 is 0 Å². The van der Waals surface area contributed by atoms with Gasteiger partial charge in [0, 0.05) is 17.6 Å². The summed E-state index contributed by atoms with van der Waals surface area (Å²) in [6.07, 6.45) is 1.67. The first-order valence-electron chi connectivity index (χ1n) is 4.61. The number of nitro groups is 1. The van der Waals surface area contributed by atoms with Crippen LogP contribution in [0.1, 0.15) is 6.92 Å². The molecule has 1 aromatic carbocycles. The predicted octanol–water partition coefficient (Wildman–Crippen LogP) is 2.47. The molecule has 0 atom stereocenters. The third kappa shape index (κ3) is 1.52. The van der Waals surface area contributed by atoms with Crippen molar-refractivity contribution < 1.29 is 9.66 Å². The molecule has 5 nitrogen and oxygen atoms in total. The first kappa shape index (κ1) is 9.51. The van der Waals surface area contributed by atoms with E-state index in [1.807, 2.05) is 6.92 Å². The minimum absolute atomic E-state index is 0.0680. The monoisotopic (exact) mass is 206 g/mol. The van der Waals surface area contributed by atoms with Gasteiger partial charge in [0.15, 0.2) is 0 Å². The highest BCUT2D eigenvalue weighted by Gasteiger charge is 2.15. The normalized spacial score (nSPS) is 10.5. The number of nitro benzene ring substituents is 1. The van der Waals surface area contributed by atoms with Crippen LogP contribution in [0.15, 0.2) is 24.4 Å². The molecule has 78 valence electrons. The van der Waals surface area contributed by atoms with Gasteiger partial charge in [-0.1, -0.05) is 0 Å². The Morgan fingerprint density at radius 1 is 1.47 bits per heavy atom. The van der Waals surface area contributed by atoms with Crippen LogP contribution in [0.2, 0.25) is 0 Å². The summed E-state index contributed by atoms with van der Waals surface area (Å²) in [6.45, 7) is 2.41. The minimum Gasteiger partial charge on any atom is -0.493 e. The van der Waals surface area contributed by atoms with Crippen LogP contribution in [-0.4, -0.2) is 16.5 Å². The molecule has 1 heterocycles. The Morgan fingerprint density at radius 3 is 2.93 bits per heavy atom. The minimum atomic E-state index is -0.408. The quantitative estimate of drug-likeness (QED) is 0.619. The number of benzene rings is 1. The summed E-state index contributed by atoms with van der Waals surface area (Å²) in [5.41, 5.74) is 0.574. The number of aromatic nitrogens is 1. The van der Waals surface area contributed by atoms with Gasteiger partial charge in [-0.05, 0) is 19.1 Å². The van der Waals surface area contributed by atoms with E-state index in [0.29, 0.717) is 17.9 Å². The molecule has 2 aromatic rings. The van der Waals surface area contributed by atoms with Gasteiger partial charge in [-0.25, -0.2) is 0 Å². The average molecular weight is 206 g/mol. The molecule has 0 amide bonds. The fourth-order valence-electron chi connectivity index (χ4n) is 1.55. The maximum Gasteiger partial charge on any atom is 0.293 e. The lowest BCUT2D eigenvalue weighted by molar-refractivity contribution is -0.383. The van der Waals surface area contributed by atoms with Gasteiger partial charge in [-0.3, -0.25) is 10.1 Å². The number of non-ortho nitro benzene ring substituents is 1. The molecule has 2 rings (SSSR count). The molecule has 0 unspecified atom stereocenters. The van der Waals surface area contributed by atoms with Crippen molar-refractivity contribution in [3.63, 3.8) is 0 Å². The third-order valence-corrected chi connectivity index (χ3v) is 2.16. The number of rotatable bonds is 3. The van der Waals surface area contributed by atoms with Crippen LogP contribution in [-0.2, 0) is 0 Å². The van der Waals surface area contributed by atoms with E-state index in [-0.39, 0.29) is 5.69 Å². The first-order valence-corrected chi connectivity index (χ1v) is 4.61. The zero-order valence-electron chi connectivity index (χ0n) is 8.19. The maximum atomic E-state index is 10.7. The SMILES string of the molecule is CCOc1ccc([N+](=O)[O-])c2[nH]ccc12. The summed E-state index contributed by atoms with van der Waals surface area (Å²) in [7, 11) is 0. The number of hydrogen-bond acceptors (Lipinski definition) is 3. The van der Waals surface area contributed by atoms with Crippen molar-refractivity contribution in [1.29, 1.82) is 0 Å². The number of H-pyrrole nitrogens is 1. The van der Waals surface area contributed by atoms with Crippen molar-refractivity contribution >= 4 is 16.6 Å². The molecule has 0 radical (unpaired) electrons. The smallest absolute Gasteiger partial charge is 0.293 e. The molecule has 15 heavy (non-hydrogen) atoms. The largest absolute Gasteiger partial charge is 0.493 e. The van der Waals surface area contributed by atoms with Crippen LogP contribution in [0.4, 0.5) is 5.69 Å². The summed E-state index contributed by atoms with van der Waals surface area (Å²) in [5, 5.41) is 11.5. The molecule has 1 aromatic heterocycles. The Hall–Kier alpha value is -2.04. The molecule has 0 bridgehead atoms. The van der Waals surface area contributed by atoms with Crippen LogP contribution in [0.5, 0.6) is 5.75 Å². The molecule has 0 saturated carbocycles. The van der Waals surface area contributed by atoms with Crippen molar-refractivity contribution in [2.45, 2.75) is 6.92 Å². The van der Waals surface area contributed by atoms with Gasteiger partial charge >= 0.3 is 0 Å². The van der Waals surface area contributed by atoms with Gasteiger partial charge < -0.3 is 9.72 Å². The molecule has 0 fully saturated rings. The zero-order chi connectivity index (χ0) is 10.8. The topological polar surface area (TPSA) is 68.2 Å². The Bertz CT molecular complexity index is 504. The van der Waals surface area contributed by atoms with E-state index in [9.17, 15) is 10.1 Å². The van der Waals surface area contributed by atoms with Crippen molar-refractivity contribution in [3.05, 3.63) is 34.5 Å². The zero-order valence-corrected chi connectivity index (χ0v) is 8.19. The fourth-order valence-corrected chi connectivity index (χ4v) is 1.55. The van der Waals surface area contributed by atoms with Crippen molar-refractivity contribution in [3.8, 4) is 5.75 Å². The van der Waals surface area contributed by atoms with Crippen LogP contribution in [0.25, 0.3) is 10.9 Å². The number of nitrogens with one attached hydrogen (secondary N) is 1. The number of nitrogens with zero attached hydrogens (tertiary/aromatic N) is 1. The fraction of sp³-hybridized carbons (Fsp3) is 0.200. The number of fused-ring (bicyclic) bond motifs is 1. The predicted molar refractivity (Wildman–Crippen MR) is 56.1 cm³/mol. The standard InChI is InChI=1S/C10H10N2O3/c1-2-15-9-4-3-8(12(13)14)10-7(9)5-6-11-10/h3-6,11H,2H2,1H3. The Labute approximate surface area is 85.8 Å². The van der Waals surface area contributed by atoms with Gasteiger partial charge in [0.25, 0.3) is 5.69 Å². The second-order valence-electron chi connectivity index (χ2n) is 3.04. The van der Waals surface area contributed by atoms with E-state index in [4.69, 9.17) is 4.74 Å². The first-order chi connectivity index (χ1) is 7.24. The second-order valence-corrected chi connectivity index (χ2v) is 3.04. The van der Waals surface area contributed by atoms with E-state index in [1.54, 1.807) is 18.3 Å². The molecular formula is C10H10N2O3. The van der Waals surface area contributed by atoms with Crippen molar-refractivity contribution in [2.75, 3.05) is 6.61 Å². The van der Waals surface area contributed by atoms with E-state index < -0.39 is 4.92 Å². The molecule has 0 spiro atoms. The van der Waals surface area contributed by atoms with Crippen molar-refractivity contribution in [2.24, 2.45) is 0 Å². The average Bonchev–Trinajstić information content (AvgIpc) is 2.66. The number of aromatic amines is 1. The van der Waals surface area contributed by atoms with E-state index in [1.165, 1.54) is 6.07 Å². The molecular weight excluding hydrogens is 196 g/mol. The number of ether oxygens (including phenoxy) is 1. The maximum absolute atomic E-state index is 10.7. The highest BCUT2D eigenvalue weighted by Crippen LogP contribution is 2.31. The summed E-state index contributed by atoms with van der Waals surface area (Å²) in [6, 6.07) is 4.84. The lowest BCUT2D eigenvalue weighted by atomic mass is 10.2. The molecule has 1 N–H and O–H groups in total. The van der Waals surface area contributed by atoms with Crippen molar-refractivity contribution in [1.82, 2.24) is 4.98 Å². The summed E-state index contributed by atoms with van der Waals surface area (Å²) < 4.78 is 5.37. The van der Waals surface area contributed by atoms with Gasteiger partial charge in [-0.2, -0.15) is 0 Å². The highest BCUT2D eigenvalue weighted by molar-refractivity contribution is 5.92. The van der Waals surface area contributed by atoms with Crippen LogP contribution in [0, 0.1) is 10.1 Å². The Kier molecular flexibility index (Phi) is 2.29. The van der Waals surface area contributed by atoms with Gasteiger partial charge in [0.05, 0.1) is 11.5 Å². The van der Waals surface area contributed by atoms with Crippen LogP contribution < -0.4 is 4.74 Å². The summed E-state index contributed by atoms with van der Waals surface area (Å²) in [5.74, 6) is 0.666.